The van der Waals surface area contributed by atoms with Gasteiger partial charge in [0, 0.05) is 64.3 Å². The first-order chi connectivity index (χ1) is 36.4. The van der Waals surface area contributed by atoms with Crippen molar-refractivity contribution < 1.29 is 107 Å². The Bertz CT molecular complexity index is 2160. The van der Waals surface area contributed by atoms with Crippen LogP contribution in [-0.2, 0) is 82.9 Å². The smallest absolute Gasteiger partial charge is 0.303 e. The zero-order valence-corrected chi connectivity index (χ0v) is 42.7. The van der Waals surface area contributed by atoms with Crippen LogP contribution in [0.3, 0.4) is 0 Å². The van der Waals surface area contributed by atoms with Gasteiger partial charge in [-0.05, 0) is 44.6 Å². The summed E-state index contributed by atoms with van der Waals surface area (Å²) in [6.07, 6.45) is -6.90. The summed E-state index contributed by atoms with van der Waals surface area (Å²) in [7, 11) is 1.53. The Kier molecular flexibility index (Phi) is 33.2. The van der Waals surface area contributed by atoms with E-state index in [1.165, 1.54) is 38.3 Å². The first kappa shape index (κ1) is 67.3. The Morgan fingerprint density at radius 1 is 0.455 bits per heavy atom. The second-order valence-corrected chi connectivity index (χ2v) is 16.9. The molecule has 14 N–H and O–H groups in total. The van der Waals surface area contributed by atoms with E-state index in [0.29, 0.717) is 24.3 Å². The van der Waals surface area contributed by atoms with Gasteiger partial charge in [-0.25, -0.2) is 0 Å². The molecule has 0 heterocycles. The Labute approximate surface area is 441 Å². The molecule has 0 bridgehead atoms. The molecular weight excluding hydrogens is 1030 g/mol. The quantitative estimate of drug-likeness (QED) is 0.0222. The molecule has 6 atom stereocenters. The van der Waals surface area contributed by atoms with E-state index in [0.717, 1.165) is 0 Å². The molecule has 0 saturated heterocycles. The molecule has 30 heteroatoms. The Hall–Kier alpha value is -7.67. The van der Waals surface area contributed by atoms with Crippen LogP contribution in [0, 0.1) is 0 Å². The number of carboxylic acids is 5. The van der Waals surface area contributed by atoms with E-state index < -0.39 is 166 Å². The summed E-state index contributed by atoms with van der Waals surface area (Å²) in [4.78, 5) is 163. The number of carboxylic acid groups (broad SMARTS) is 5. The van der Waals surface area contributed by atoms with Gasteiger partial charge in [0.05, 0.1) is 45.7 Å². The highest BCUT2D eigenvalue weighted by molar-refractivity contribution is 5.97. The van der Waals surface area contributed by atoms with Gasteiger partial charge in [-0.15, -0.1) is 0 Å². The lowest BCUT2D eigenvalue weighted by Crippen LogP contribution is -2.59. The van der Waals surface area contributed by atoms with E-state index in [1.807, 2.05) is 0 Å². The molecule has 0 radical (unpaired) electrons. The minimum absolute atomic E-state index is 0.0141. The summed E-state index contributed by atoms with van der Waals surface area (Å²) < 4.78 is 20.9. The van der Waals surface area contributed by atoms with Crippen molar-refractivity contribution in [3.8, 4) is 0 Å². The number of aliphatic carboxylic acids is 5. The highest BCUT2D eigenvalue weighted by atomic mass is 16.5. The maximum atomic E-state index is 14.0. The molecule has 0 spiro atoms. The monoisotopic (exact) mass is 1100 g/mol. The summed E-state index contributed by atoms with van der Waals surface area (Å²) in [5, 5.41) is 63.1. The van der Waals surface area contributed by atoms with Gasteiger partial charge in [-0.2, -0.15) is 0 Å². The molecule has 1 aromatic carbocycles. The average Bonchev–Trinajstić information content (AvgIpc) is 3.36. The number of carbonyl (C=O) groups is 13. The van der Waals surface area contributed by atoms with Crippen LogP contribution >= 0.6 is 0 Å². The summed E-state index contributed by atoms with van der Waals surface area (Å²) in [6, 6.07) is -4.24. The summed E-state index contributed by atoms with van der Waals surface area (Å²) >= 11 is 0. The molecule has 0 unspecified atom stereocenters. The van der Waals surface area contributed by atoms with E-state index in [9.17, 15) is 82.8 Å². The van der Waals surface area contributed by atoms with E-state index in [2.05, 4.69) is 37.2 Å². The fourth-order valence-corrected chi connectivity index (χ4v) is 6.56. The minimum atomic E-state index is -1.89. The molecule has 7 amide bonds. The summed E-state index contributed by atoms with van der Waals surface area (Å²) in [6.45, 7) is 2.25. The van der Waals surface area contributed by atoms with Crippen LogP contribution in [0.1, 0.15) is 87.1 Å². The molecule has 77 heavy (non-hydrogen) atoms. The average molecular weight is 1100 g/mol. The maximum Gasteiger partial charge on any atom is 0.303 e. The Morgan fingerprint density at radius 3 is 1.22 bits per heavy atom. The number of ether oxygens (including phenoxy) is 4. The molecule has 0 aliphatic heterocycles. The molecule has 30 nitrogen and oxygen atoms in total. The molecule has 430 valence electrons. The third-order valence-electron chi connectivity index (χ3n) is 10.7. The van der Waals surface area contributed by atoms with Gasteiger partial charge in [-0.3, -0.25) is 62.3 Å². The van der Waals surface area contributed by atoms with Crippen molar-refractivity contribution in [3.05, 3.63) is 35.4 Å². The number of hydrogen-bond acceptors (Lipinski definition) is 18. The van der Waals surface area contributed by atoms with Gasteiger partial charge in [0.25, 0.3) is 0 Å². The molecule has 0 aromatic heterocycles. The topological polar surface area (TPSA) is 470 Å². The van der Waals surface area contributed by atoms with Crippen LogP contribution in [0.5, 0.6) is 0 Å². The number of benzene rings is 1. The Morgan fingerprint density at radius 2 is 0.818 bits per heavy atom. The van der Waals surface area contributed by atoms with Crippen molar-refractivity contribution in [1.82, 2.24) is 37.2 Å². The molecule has 0 aliphatic rings. The van der Waals surface area contributed by atoms with Crippen molar-refractivity contribution in [2.75, 3.05) is 66.4 Å². The minimum Gasteiger partial charge on any atom is -0.481 e. The van der Waals surface area contributed by atoms with E-state index >= 15 is 0 Å². The predicted octanol–water partition coefficient (Wildman–Crippen LogP) is -3.56. The number of ketones is 1. The fourth-order valence-electron chi connectivity index (χ4n) is 6.56. The SMILES string of the molecule is COCCOCCNC(=O)COCCOCCNC(=O)[C@H](Cc1ccc(C(C)=O)cc1)NC(=O)[C@@H](CCC(=O)O)NC(=O)[C@@H](CCC(=O)O)NC(=O)[C@@H](CCC(=O)O)NC(=O)[C@@H](CCC(=O)O)NC(=O)[C@H](N)CCC(=O)O. The number of nitrogens with one attached hydrogen (secondary N) is 7. The molecule has 0 aliphatic carbocycles. The third-order valence-corrected chi connectivity index (χ3v) is 10.7. The highest BCUT2D eigenvalue weighted by Crippen LogP contribution is 2.11. The van der Waals surface area contributed by atoms with Crippen LogP contribution < -0.4 is 43.0 Å². The lowest BCUT2D eigenvalue weighted by atomic mass is 10.0. The first-order valence-corrected chi connectivity index (χ1v) is 24.2. The number of Topliss-reactive ketones (excluding diaryl/α,β-unsaturated/α-hetero) is 1. The largest absolute Gasteiger partial charge is 0.481 e. The van der Waals surface area contributed by atoms with E-state index in [1.54, 1.807) is 0 Å². The van der Waals surface area contributed by atoms with Crippen molar-refractivity contribution in [2.45, 2.75) is 114 Å². The summed E-state index contributed by atoms with van der Waals surface area (Å²) in [5.41, 5.74) is 6.50. The number of hydrogen-bond donors (Lipinski definition) is 13. The van der Waals surface area contributed by atoms with Crippen LogP contribution in [0.4, 0.5) is 0 Å². The second kappa shape index (κ2) is 38.0. The molecule has 1 rings (SSSR count). The number of rotatable bonds is 43. The third kappa shape index (κ3) is 31.1. The zero-order chi connectivity index (χ0) is 57.9. The zero-order valence-electron chi connectivity index (χ0n) is 42.7. The standard InChI is InChI=1S/C47H70N8O22/c1-27(56)29-5-3-28(4-6-29)25-35(43(69)50-18-20-76-23-24-77-26-36(57)49-17-19-75-22-21-74-2)55-47(73)34(11-16-41(66)67)54-46(72)33(10-15-40(64)65)53-45(71)32(9-14-39(62)63)52-44(70)31(8-13-38(60)61)51-42(68)30(48)7-12-37(58)59/h3-6,30-35H,7-26,48H2,1-2H3,(H,49,57)(H,50,69)(H,51,68)(H,52,70)(H,53,71)(H,54,72)(H,55,73)(H,58,59)(H,60,61)(H,62,63)(H,64,65)(H,66,67)/t30-,31-,32-,33-,34-,35+/m1/s1. The van der Waals surface area contributed by atoms with Crippen LogP contribution in [-0.4, -0.2) is 205 Å². The maximum absolute atomic E-state index is 14.0. The van der Waals surface area contributed by atoms with Crippen molar-refractivity contribution in [2.24, 2.45) is 5.73 Å². The summed E-state index contributed by atoms with van der Waals surface area (Å²) in [5.74, 6) is -14.6. The Balaban J connectivity index is 3.33. The molecular formula is C47H70N8O22. The van der Waals surface area contributed by atoms with Gasteiger partial charge >= 0.3 is 29.8 Å². The van der Waals surface area contributed by atoms with Crippen LogP contribution in [0.25, 0.3) is 0 Å². The van der Waals surface area contributed by atoms with Gasteiger partial charge in [0.15, 0.2) is 5.78 Å². The lowest BCUT2D eigenvalue weighted by molar-refractivity contribution is -0.140. The first-order valence-electron chi connectivity index (χ1n) is 24.2. The number of amides is 7. The van der Waals surface area contributed by atoms with Crippen molar-refractivity contribution >= 4 is 77.0 Å². The van der Waals surface area contributed by atoms with Crippen LogP contribution in [0.15, 0.2) is 24.3 Å². The van der Waals surface area contributed by atoms with Crippen LogP contribution in [0.2, 0.25) is 0 Å². The number of carbonyl (C=O) groups excluding carboxylic acids is 8. The second-order valence-electron chi connectivity index (χ2n) is 16.9. The van der Waals surface area contributed by atoms with Gasteiger partial charge in [0.2, 0.25) is 41.4 Å². The molecule has 1 aromatic rings. The lowest BCUT2D eigenvalue weighted by Gasteiger charge is -2.27. The van der Waals surface area contributed by atoms with Crippen molar-refractivity contribution in [3.63, 3.8) is 0 Å². The number of nitrogens with two attached hydrogens (primary N) is 1. The highest BCUT2D eigenvalue weighted by Gasteiger charge is 2.34. The normalized spacial score (nSPS) is 13.2. The predicted molar refractivity (Wildman–Crippen MR) is 262 cm³/mol. The van der Waals surface area contributed by atoms with Gasteiger partial charge < -0.3 is 87.4 Å². The molecule has 0 saturated carbocycles. The molecule has 0 fully saturated rings. The number of methoxy groups -OCH3 is 1. The van der Waals surface area contributed by atoms with E-state index in [-0.39, 0.29) is 64.2 Å². The van der Waals surface area contributed by atoms with Gasteiger partial charge in [0.1, 0.15) is 36.8 Å². The fraction of sp³-hybridized carbons (Fsp3) is 0.596. The van der Waals surface area contributed by atoms with Gasteiger partial charge in [-0.1, -0.05) is 24.3 Å². The van der Waals surface area contributed by atoms with E-state index in [4.69, 9.17) is 29.8 Å². The van der Waals surface area contributed by atoms with Crippen molar-refractivity contribution in [1.29, 1.82) is 0 Å².